The van der Waals surface area contributed by atoms with E-state index in [4.69, 9.17) is 0 Å². The van der Waals surface area contributed by atoms with Gasteiger partial charge in [-0.05, 0) is 24.1 Å². The number of nitrogens with one attached hydrogen (secondary N) is 1. The van der Waals surface area contributed by atoms with E-state index < -0.39 is 0 Å². The molecule has 0 radical (unpaired) electrons. The van der Waals surface area contributed by atoms with Crippen LogP contribution in [0.15, 0.2) is 60.0 Å². The highest BCUT2D eigenvalue weighted by Crippen LogP contribution is 2.24. The molecule has 0 spiro atoms. The monoisotopic (exact) mass is 367 g/mol. The fourth-order valence-corrected chi connectivity index (χ4v) is 3.29. The van der Waals surface area contributed by atoms with Crippen LogP contribution in [0, 0.1) is 6.92 Å². The Morgan fingerprint density at radius 3 is 2.62 bits per heavy atom. The zero-order chi connectivity index (χ0) is 18.4. The second-order valence-electron chi connectivity index (χ2n) is 5.91. The summed E-state index contributed by atoms with van der Waals surface area (Å²) in [6.07, 6.45) is 0. The summed E-state index contributed by atoms with van der Waals surface area (Å²) in [5, 5.41) is 15.0. The number of benzene rings is 2. The van der Waals surface area contributed by atoms with E-state index in [2.05, 4.69) is 10.3 Å². The number of hydrogen-bond acceptors (Lipinski definition) is 5. The highest BCUT2D eigenvalue weighted by atomic mass is 32.1. The van der Waals surface area contributed by atoms with Gasteiger partial charge in [-0.25, -0.2) is 4.98 Å². The molecular weight excluding hydrogens is 346 g/mol. The Morgan fingerprint density at radius 2 is 1.88 bits per heavy atom. The number of para-hydroxylation sites is 1. The number of thiazole rings is 1. The first-order valence-corrected chi connectivity index (χ1v) is 9.27. The van der Waals surface area contributed by atoms with Crippen LogP contribution in [0.3, 0.4) is 0 Å². The fourth-order valence-electron chi connectivity index (χ4n) is 2.60. The molecule has 3 rings (SSSR count). The van der Waals surface area contributed by atoms with Gasteiger partial charge in [0.15, 0.2) is 5.13 Å². The minimum atomic E-state index is -0.183. The Morgan fingerprint density at radius 1 is 1.15 bits per heavy atom. The van der Waals surface area contributed by atoms with Crippen molar-refractivity contribution in [2.45, 2.75) is 13.5 Å². The van der Waals surface area contributed by atoms with Crippen molar-refractivity contribution in [3.05, 3.63) is 76.8 Å². The molecule has 0 unspecified atom stereocenters. The van der Waals surface area contributed by atoms with Gasteiger partial charge in [-0.1, -0.05) is 48.5 Å². The molecule has 2 N–H and O–H groups in total. The van der Waals surface area contributed by atoms with E-state index in [1.54, 1.807) is 10.3 Å². The molecule has 2 aromatic carbocycles. The molecule has 0 aliphatic rings. The topological polar surface area (TPSA) is 65.5 Å². The van der Waals surface area contributed by atoms with Gasteiger partial charge in [-0.15, -0.1) is 11.3 Å². The number of hydrogen-bond donors (Lipinski definition) is 2. The number of nitrogens with zero attached hydrogens (tertiary/aromatic N) is 2. The lowest BCUT2D eigenvalue weighted by Crippen LogP contribution is -2.33. The normalized spacial score (nSPS) is 10.5. The Balaban J connectivity index is 1.73. The molecule has 26 heavy (non-hydrogen) atoms. The second kappa shape index (κ2) is 8.60. The molecule has 1 amide bonds. The number of aromatic nitrogens is 1. The van der Waals surface area contributed by atoms with Gasteiger partial charge in [0.1, 0.15) is 5.69 Å². The SMILES string of the molecule is Cc1ccccc1Nc1nc(C(=O)N(CCO)Cc2ccccc2)cs1. The first-order chi connectivity index (χ1) is 12.7. The number of carbonyl (C=O) groups is 1. The summed E-state index contributed by atoms with van der Waals surface area (Å²) < 4.78 is 0. The van der Waals surface area contributed by atoms with E-state index in [1.807, 2.05) is 61.5 Å². The maximum absolute atomic E-state index is 12.8. The summed E-state index contributed by atoms with van der Waals surface area (Å²) in [4.78, 5) is 18.8. The van der Waals surface area contributed by atoms with Gasteiger partial charge >= 0.3 is 0 Å². The van der Waals surface area contributed by atoms with Gasteiger partial charge in [0.05, 0.1) is 6.61 Å². The van der Waals surface area contributed by atoms with Crippen molar-refractivity contribution in [1.82, 2.24) is 9.88 Å². The van der Waals surface area contributed by atoms with E-state index in [1.165, 1.54) is 11.3 Å². The molecule has 1 aromatic heterocycles. The first-order valence-electron chi connectivity index (χ1n) is 8.39. The number of aliphatic hydroxyl groups excluding tert-OH is 1. The summed E-state index contributed by atoms with van der Waals surface area (Å²) in [5.41, 5.74) is 3.48. The van der Waals surface area contributed by atoms with Gasteiger partial charge in [0.2, 0.25) is 0 Å². The highest BCUT2D eigenvalue weighted by Gasteiger charge is 2.19. The number of rotatable bonds is 7. The molecule has 0 fully saturated rings. The van der Waals surface area contributed by atoms with Crippen LogP contribution < -0.4 is 5.32 Å². The summed E-state index contributed by atoms with van der Waals surface area (Å²) in [5.74, 6) is -0.183. The van der Waals surface area contributed by atoms with Crippen molar-refractivity contribution in [2.75, 3.05) is 18.5 Å². The molecule has 0 bridgehead atoms. The number of aryl methyl sites for hydroxylation is 1. The summed E-state index contributed by atoms with van der Waals surface area (Å²) in [7, 11) is 0. The van der Waals surface area contributed by atoms with Crippen molar-refractivity contribution in [1.29, 1.82) is 0 Å². The van der Waals surface area contributed by atoms with Crippen molar-refractivity contribution >= 4 is 28.1 Å². The average molecular weight is 367 g/mol. The van der Waals surface area contributed by atoms with Crippen molar-refractivity contribution < 1.29 is 9.90 Å². The molecule has 5 nitrogen and oxygen atoms in total. The van der Waals surface area contributed by atoms with E-state index in [9.17, 15) is 9.90 Å². The molecule has 6 heteroatoms. The molecule has 1 heterocycles. The third kappa shape index (κ3) is 4.47. The van der Waals surface area contributed by atoms with E-state index in [0.717, 1.165) is 16.8 Å². The maximum atomic E-state index is 12.8. The molecule has 3 aromatic rings. The van der Waals surface area contributed by atoms with E-state index >= 15 is 0 Å². The van der Waals surface area contributed by atoms with Gasteiger partial charge in [-0.3, -0.25) is 4.79 Å². The first kappa shape index (κ1) is 18.1. The average Bonchev–Trinajstić information content (AvgIpc) is 3.12. The lowest BCUT2D eigenvalue weighted by atomic mass is 10.2. The predicted octanol–water partition coefficient (Wildman–Crippen LogP) is 3.83. The molecular formula is C20H21N3O2S. The summed E-state index contributed by atoms with van der Waals surface area (Å²) in [6.45, 7) is 2.64. The van der Waals surface area contributed by atoms with Crippen molar-refractivity contribution in [3.8, 4) is 0 Å². The van der Waals surface area contributed by atoms with Crippen molar-refractivity contribution in [3.63, 3.8) is 0 Å². The lowest BCUT2D eigenvalue weighted by molar-refractivity contribution is 0.0703. The second-order valence-corrected chi connectivity index (χ2v) is 6.77. The van der Waals surface area contributed by atoms with Crippen LogP contribution in [-0.4, -0.2) is 34.0 Å². The van der Waals surface area contributed by atoms with Crippen LogP contribution in [0.5, 0.6) is 0 Å². The highest BCUT2D eigenvalue weighted by molar-refractivity contribution is 7.14. The molecule has 0 aliphatic heterocycles. The summed E-state index contributed by atoms with van der Waals surface area (Å²) >= 11 is 1.39. The number of amides is 1. The lowest BCUT2D eigenvalue weighted by Gasteiger charge is -2.20. The number of carbonyl (C=O) groups excluding carboxylic acids is 1. The van der Waals surface area contributed by atoms with Crippen LogP contribution in [0.4, 0.5) is 10.8 Å². The smallest absolute Gasteiger partial charge is 0.273 e. The molecule has 0 saturated heterocycles. The van der Waals surface area contributed by atoms with Gasteiger partial charge in [0.25, 0.3) is 5.91 Å². The number of anilines is 2. The Hall–Kier alpha value is -2.70. The van der Waals surface area contributed by atoms with Crippen LogP contribution in [-0.2, 0) is 6.54 Å². The largest absolute Gasteiger partial charge is 0.395 e. The van der Waals surface area contributed by atoms with Crippen LogP contribution in [0.1, 0.15) is 21.6 Å². The molecule has 0 atom stereocenters. The molecule has 0 saturated carbocycles. The van der Waals surface area contributed by atoms with Crippen LogP contribution in [0.25, 0.3) is 0 Å². The Bertz CT molecular complexity index is 864. The van der Waals surface area contributed by atoms with Crippen molar-refractivity contribution in [2.24, 2.45) is 0 Å². The number of aliphatic hydroxyl groups is 1. The van der Waals surface area contributed by atoms with E-state index in [-0.39, 0.29) is 19.1 Å². The van der Waals surface area contributed by atoms with Gasteiger partial charge in [0, 0.05) is 24.2 Å². The quantitative estimate of drug-likeness (QED) is 0.666. The third-order valence-corrected chi connectivity index (χ3v) is 4.74. The van der Waals surface area contributed by atoms with Gasteiger partial charge in [-0.2, -0.15) is 0 Å². The fraction of sp³-hybridized carbons (Fsp3) is 0.200. The van der Waals surface area contributed by atoms with Crippen LogP contribution >= 0.6 is 11.3 Å². The zero-order valence-corrected chi connectivity index (χ0v) is 15.4. The summed E-state index contributed by atoms with van der Waals surface area (Å²) in [6, 6.07) is 17.7. The zero-order valence-electron chi connectivity index (χ0n) is 14.6. The standard InChI is InChI=1S/C20H21N3O2S/c1-15-7-5-6-10-17(15)21-20-22-18(14-26-20)19(25)23(11-12-24)13-16-8-3-2-4-9-16/h2-10,14,24H,11-13H2,1H3,(H,21,22). The van der Waals surface area contributed by atoms with Crippen LogP contribution in [0.2, 0.25) is 0 Å². The predicted molar refractivity (Wildman–Crippen MR) is 105 cm³/mol. The Labute approximate surface area is 156 Å². The third-order valence-electron chi connectivity index (χ3n) is 3.98. The minimum absolute atomic E-state index is 0.0863. The minimum Gasteiger partial charge on any atom is -0.395 e. The van der Waals surface area contributed by atoms with E-state index in [0.29, 0.717) is 17.4 Å². The van der Waals surface area contributed by atoms with Gasteiger partial charge < -0.3 is 15.3 Å². The maximum Gasteiger partial charge on any atom is 0.273 e. The molecule has 0 aliphatic carbocycles. The Kier molecular flexibility index (Phi) is 5.99. The molecule has 134 valence electrons.